The van der Waals surface area contributed by atoms with Gasteiger partial charge in [-0.3, -0.25) is 14.7 Å². The number of hydrogen-bond acceptors (Lipinski definition) is 8. The number of ether oxygens (including phenoxy) is 1. The lowest BCUT2D eigenvalue weighted by atomic mass is 9.94. The summed E-state index contributed by atoms with van der Waals surface area (Å²) in [6, 6.07) is 9.79. The number of carbonyl (C=O) groups is 2. The van der Waals surface area contributed by atoms with Crippen molar-refractivity contribution in [2.45, 2.75) is 32.4 Å². The van der Waals surface area contributed by atoms with Crippen LogP contribution in [0.2, 0.25) is 0 Å². The maximum absolute atomic E-state index is 13.0. The average molecular weight is 554 g/mol. The number of benzene rings is 1. The van der Waals surface area contributed by atoms with Crippen molar-refractivity contribution in [2.24, 2.45) is 0 Å². The van der Waals surface area contributed by atoms with Crippen LogP contribution >= 0.6 is 11.3 Å². The smallest absolute Gasteiger partial charge is 0.325 e. The van der Waals surface area contributed by atoms with Gasteiger partial charge in [-0.15, -0.1) is 11.3 Å². The number of anilines is 4. The van der Waals surface area contributed by atoms with Gasteiger partial charge in [-0.25, -0.2) is 14.8 Å². The second-order valence-corrected chi connectivity index (χ2v) is 10.9. The Kier molecular flexibility index (Phi) is 6.07. The topological polar surface area (TPSA) is 104 Å². The lowest BCUT2D eigenvalue weighted by molar-refractivity contribution is -0.117. The first kappa shape index (κ1) is 24.5. The number of pyridine rings is 2. The number of carbonyl (C=O) groups excluding carboxylic acids is 2. The van der Waals surface area contributed by atoms with Gasteiger partial charge in [0.05, 0.1) is 41.5 Å². The quantitative estimate of drug-likeness (QED) is 0.343. The van der Waals surface area contributed by atoms with Crippen molar-refractivity contribution in [1.82, 2.24) is 19.9 Å². The van der Waals surface area contributed by atoms with E-state index in [0.29, 0.717) is 31.9 Å². The molecule has 4 aromatic rings. The Morgan fingerprint density at radius 1 is 1.00 bits per heavy atom. The van der Waals surface area contributed by atoms with Gasteiger partial charge >= 0.3 is 6.03 Å². The highest BCUT2D eigenvalue weighted by Gasteiger charge is 2.31. The third-order valence-corrected chi connectivity index (χ3v) is 8.19. The van der Waals surface area contributed by atoms with E-state index in [1.807, 2.05) is 53.7 Å². The number of rotatable bonds is 6. The van der Waals surface area contributed by atoms with Gasteiger partial charge in [-0.2, -0.15) is 0 Å². The largest absolute Gasteiger partial charge is 0.485 e. The summed E-state index contributed by atoms with van der Waals surface area (Å²) in [6.07, 6.45) is 6.56. The third kappa shape index (κ3) is 4.41. The number of hydrogen-bond donors (Lipinski definition) is 1. The van der Waals surface area contributed by atoms with Gasteiger partial charge < -0.3 is 19.9 Å². The minimum Gasteiger partial charge on any atom is -0.485 e. The zero-order valence-corrected chi connectivity index (χ0v) is 22.7. The van der Waals surface area contributed by atoms with E-state index in [-0.39, 0.29) is 18.0 Å². The Bertz CT molecular complexity index is 1610. The molecule has 3 aromatic heterocycles. The fourth-order valence-electron chi connectivity index (χ4n) is 5.55. The van der Waals surface area contributed by atoms with Crippen LogP contribution in [0, 0.1) is 0 Å². The maximum Gasteiger partial charge on any atom is 0.325 e. The van der Waals surface area contributed by atoms with Gasteiger partial charge in [0.25, 0.3) is 0 Å². The number of aromatic nitrogens is 3. The van der Waals surface area contributed by atoms with Crippen molar-refractivity contribution < 1.29 is 14.3 Å². The van der Waals surface area contributed by atoms with E-state index >= 15 is 0 Å². The molecule has 2 saturated heterocycles. The Labute approximate surface area is 235 Å². The molecular formula is C29H27N7O3S. The van der Waals surface area contributed by atoms with Crippen molar-refractivity contribution in [1.29, 1.82) is 0 Å². The number of nitrogens with zero attached hydrogens (tertiary/aromatic N) is 6. The molecule has 1 aromatic carbocycles. The van der Waals surface area contributed by atoms with Crippen LogP contribution < -0.4 is 19.9 Å². The first-order valence-corrected chi connectivity index (χ1v) is 14.2. The summed E-state index contributed by atoms with van der Waals surface area (Å²) >= 11 is 1.53. The maximum atomic E-state index is 13.0. The molecule has 7 rings (SSSR count). The summed E-state index contributed by atoms with van der Waals surface area (Å²) in [5.41, 5.74) is 8.00. The van der Waals surface area contributed by atoms with Gasteiger partial charge in [0.15, 0.2) is 0 Å². The predicted octanol–water partition coefficient (Wildman–Crippen LogP) is 5.37. The summed E-state index contributed by atoms with van der Waals surface area (Å²) in [6.45, 7) is 4.48. The number of thiazole rings is 1. The second kappa shape index (κ2) is 9.91. The number of fused-ring (bicyclic) bond motifs is 3. The van der Waals surface area contributed by atoms with E-state index in [1.54, 1.807) is 27.7 Å². The Morgan fingerprint density at radius 3 is 2.75 bits per heavy atom. The normalized spacial score (nSPS) is 18.1. The average Bonchev–Trinajstić information content (AvgIpc) is 3.71. The van der Waals surface area contributed by atoms with Gasteiger partial charge in [-0.05, 0) is 37.6 Å². The number of nitrogens with one attached hydrogen (secondary N) is 1. The van der Waals surface area contributed by atoms with Crippen LogP contribution in [0.15, 0.2) is 59.8 Å². The monoisotopic (exact) mass is 553 g/mol. The van der Waals surface area contributed by atoms with Crippen molar-refractivity contribution in [2.75, 3.05) is 34.8 Å². The zero-order chi connectivity index (χ0) is 27.2. The van der Waals surface area contributed by atoms with Gasteiger partial charge in [0.1, 0.15) is 17.7 Å². The molecule has 0 radical (unpaired) electrons. The molecule has 2 fully saturated rings. The molecule has 6 heterocycles. The van der Waals surface area contributed by atoms with Crippen molar-refractivity contribution >= 4 is 46.2 Å². The van der Waals surface area contributed by atoms with E-state index in [2.05, 4.69) is 20.3 Å². The van der Waals surface area contributed by atoms with Crippen LogP contribution in [-0.2, 0) is 11.3 Å². The van der Waals surface area contributed by atoms with Crippen LogP contribution in [0.5, 0.6) is 5.75 Å². The molecule has 11 heteroatoms. The first-order valence-electron chi connectivity index (χ1n) is 13.3. The van der Waals surface area contributed by atoms with Crippen LogP contribution in [0.3, 0.4) is 0 Å². The van der Waals surface area contributed by atoms with Crippen LogP contribution in [0.1, 0.15) is 37.1 Å². The summed E-state index contributed by atoms with van der Waals surface area (Å²) in [5.74, 6) is 1.58. The van der Waals surface area contributed by atoms with E-state index < -0.39 is 0 Å². The third-order valence-electron chi connectivity index (χ3n) is 7.56. The minimum absolute atomic E-state index is 0.0549. The highest BCUT2D eigenvalue weighted by atomic mass is 32.1. The Balaban J connectivity index is 1.09. The lowest BCUT2D eigenvalue weighted by Crippen LogP contribution is -2.31. The molecule has 10 nitrogen and oxygen atoms in total. The molecule has 3 amide bonds. The molecule has 3 aliphatic rings. The van der Waals surface area contributed by atoms with E-state index in [4.69, 9.17) is 4.74 Å². The molecule has 40 heavy (non-hydrogen) atoms. The first-order chi connectivity index (χ1) is 19.5. The fourth-order valence-corrected chi connectivity index (χ4v) is 6.10. The molecule has 3 aliphatic heterocycles. The van der Waals surface area contributed by atoms with Crippen molar-refractivity contribution in [3.63, 3.8) is 0 Å². The predicted molar refractivity (Wildman–Crippen MR) is 153 cm³/mol. The molecule has 1 N–H and O–H groups in total. The van der Waals surface area contributed by atoms with E-state index in [0.717, 1.165) is 58.2 Å². The number of urea groups is 1. The summed E-state index contributed by atoms with van der Waals surface area (Å²) < 4.78 is 6.29. The van der Waals surface area contributed by atoms with Gasteiger partial charge in [0, 0.05) is 66.1 Å². The van der Waals surface area contributed by atoms with Crippen LogP contribution in [-0.4, -0.2) is 51.4 Å². The second-order valence-electron chi connectivity index (χ2n) is 10.1. The fraction of sp³-hybridized carbons (Fsp3) is 0.276. The van der Waals surface area contributed by atoms with Crippen LogP contribution in [0.4, 0.5) is 27.7 Å². The Hall–Kier alpha value is -4.51. The SMILES string of the molecule is CC1Oc2cc(N3CCCC3=O)ccc2-c2cnc(Nc3cncc(N4CCN(Cc5cscn5)C4=O)c3)cc21. The standard InChI is InChI=1S/C29H27N7O3S/c1-18-24-11-27(31-14-25(24)23-5-4-21(10-26(23)39-18)35-6-2-3-28(35)37)33-19-9-22(13-30-12-19)36-8-7-34(29(36)38)15-20-16-40-17-32-20/h4-5,9-14,16-18H,2-3,6-8,15H2,1H3,(H,31,33). The van der Waals surface area contributed by atoms with Gasteiger partial charge in [-0.1, -0.05) is 0 Å². The molecule has 0 bridgehead atoms. The lowest BCUT2D eigenvalue weighted by Gasteiger charge is -2.28. The minimum atomic E-state index is -0.189. The number of amides is 3. The molecule has 0 saturated carbocycles. The zero-order valence-electron chi connectivity index (χ0n) is 21.9. The summed E-state index contributed by atoms with van der Waals surface area (Å²) in [4.78, 5) is 44.0. The van der Waals surface area contributed by atoms with Crippen LogP contribution in [0.25, 0.3) is 11.1 Å². The highest BCUT2D eigenvalue weighted by Crippen LogP contribution is 2.44. The van der Waals surface area contributed by atoms with Gasteiger partial charge in [0.2, 0.25) is 5.91 Å². The van der Waals surface area contributed by atoms with E-state index in [1.165, 1.54) is 11.3 Å². The highest BCUT2D eigenvalue weighted by molar-refractivity contribution is 7.07. The van der Waals surface area contributed by atoms with Crippen molar-refractivity contribution in [3.05, 3.63) is 71.1 Å². The molecule has 202 valence electrons. The molecule has 0 spiro atoms. The molecule has 0 aliphatic carbocycles. The summed E-state index contributed by atoms with van der Waals surface area (Å²) in [5, 5.41) is 5.31. The molecule has 1 atom stereocenters. The van der Waals surface area contributed by atoms with E-state index in [9.17, 15) is 9.59 Å². The van der Waals surface area contributed by atoms with Crippen molar-refractivity contribution in [3.8, 4) is 16.9 Å². The molecular weight excluding hydrogens is 526 g/mol. The Morgan fingerprint density at radius 2 is 1.93 bits per heavy atom. The summed E-state index contributed by atoms with van der Waals surface area (Å²) in [7, 11) is 0. The molecule has 1 unspecified atom stereocenters.